The largest absolute Gasteiger partial charge is 0.497 e. The first-order valence-corrected chi connectivity index (χ1v) is 12.8. The first-order valence-electron chi connectivity index (χ1n) is 12.4. The Morgan fingerprint density at radius 2 is 1.82 bits per heavy atom. The Bertz CT molecular complexity index is 1810. The number of benzene rings is 3. The van der Waals surface area contributed by atoms with Gasteiger partial charge in [-0.3, -0.25) is 19.3 Å². The molecule has 202 valence electrons. The lowest BCUT2D eigenvalue weighted by molar-refractivity contribution is 0.102. The molecule has 10 heteroatoms. The average Bonchev–Trinajstić information content (AvgIpc) is 3.18. The van der Waals surface area contributed by atoms with Crippen LogP contribution in [0.2, 0.25) is 0 Å². The summed E-state index contributed by atoms with van der Waals surface area (Å²) in [5, 5.41) is 3.32. The first-order chi connectivity index (χ1) is 19.3. The average molecular weight is 557 g/mol. The predicted octanol–water partition coefficient (Wildman–Crippen LogP) is 6.08. The number of carbonyl (C=O) groups is 1. The molecule has 1 amide bonds. The third kappa shape index (κ3) is 5.21. The summed E-state index contributed by atoms with van der Waals surface area (Å²) < 4.78 is 29.3. The zero-order valence-electron chi connectivity index (χ0n) is 22.0. The summed E-state index contributed by atoms with van der Waals surface area (Å²) in [5.41, 5.74) is 1.28. The number of para-hydroxylation sites is 1. The van der Waals surface area contributed by atoms with Crippen molar-refractivity contribution < 1.29 is 18.7 Å². The molecule has 8 nitrogen and oxygen atoms in total. The molecule has 3 aromatic carbocycles. The van der Waals surface area contributed by atoms with Crippen molar-refractivity contribution in [3.05, 3.63) is 106 Å². The van der Waals surface area contributed by atoms with Crippen LogP contribution in [-0.2, 0) is 6.54 Å². The van der Waals surface area contributed by atoms with E-state index in [1.165, 1.54) is 16.8 Å². The number of rotatable bonds is 8. The molecule has 0 bridgehead atoms. The van der Waals surface area contributed by atoms with Crippen LogP contribution in [0.25, 0.3) is 16.6 Å². The van der Waals surface area contributed by atoms with E-state index in [4.69, 9.17) is 21.7 Å². The number of anilines is 1. The van der Waals surface area contributed by atoms with Crippen LogP contribution in [0.4, 0.5) is 10.1 Å². The molecule has 5 rings (SSSR count). The van der Waals surface area contributed by atoms with Gasteiger partial charge in [0.1, 0.15) is 17.1 Å². The number of nitrogens with zero attached hydrogens (tertiary/aromatic N) is 3. The molecular weight excluding hydrogens is 531 g/mol. The number of amides is 1. The van der Waals surface area contributed by atoms with E-state index in [0.717, 1.165) is 6.07 Å². The van der Waals surface area contributed by atoms with Crippen LogP contribution in [0, 0.1) is 12.7 Å². The van der Waals surface area contributed by atoms with Crippen LogP contribution in [0.1, 0.15) is 23.0 Å². The van der Waals surface area contributed by atoms with Gasteiger partial charge in [0.25, 0.3) is 11.5 Å². The van der Waals surface area contributed by atoms with Gasteiger partial charge < -0.3 is 14.8 Å². The van der Waals surface area contributed by atoms with Crippen molar-refractivity contribution in [2.75, 3.05) is 12.4 Å². The van der Waals surface area contributed by atoms with Crippen LogP contribution in [0.3, 0.4) is 0 Å². The van der Waals surface area contributed by atoms with E-state index in [-0.39, 0.29) is 23.5 Å². The van der Waals surface area contributed by atoms with Crippen LogP contribution in [-0.4, -0.2) is 32.2 Å². The van der Waals surface area contributed by atoms with Gasteiger partial charge in [-0.1, -0.05) is 30.4 Å². The molecule has 40 heavy (non-hydrogen) atoms. The number of pyridine rings is 1. The zero-order valence-corrected chi connectivity index (χ0v) is 22.8. The minimum absolute atomic E-state index is 0.0356. The van der Waals surface area contributed by atoms with E-state index in [0.29, 0.717) is 38.6 Å². The zero-order chi connectivity index (χ0) is 28.4. The molecule has 0 spiro atoms. The fraction of sp³-hybridized carbons (Fsp3) is 0.133. The molecule has 1 N–H and O–H groups in total. The Kier molecular flexibility index (Phi) is 7.43. The van der Waals surface area contributed by atoms with E-state index >= 15 is 4.39 Å². The molecular formula is C30H25FN4O4S. The highest BCUT2D eigenvalue weighted by molar-refractivity contribution is 7.80. The van der Waals surface area contributed by atoms with Crippen molar-refractivity contribution in [3.63, 3.8) is 0 Å². The van der Waals surface area contributed by atoms with E-state index in [1.54, 1.807) is 80.4 Å². The van der Waals surface area contributed by atoms with Crippen molar-refractivity contribution in [3.8, 4) is 22.9 Å². The van der Waals surface area contributed by atoms with Gasteiger partial charge in [-0.05, 0) is 56.3 Å². The van der Waals surface area contributed by atoms with Crippen molar-refractivity contribution in [1.29, 1.82) is 0 Å². The SMILES string of the molecule is COc1ccc2c(Oc3ccc(NC(=O)c4c(C)n(CC(C)=S)n(-c5ccccc5)c4=O)cc3F)ccnc2c1. The molecule has 0 saturated heterocycles. The summed E-state index contributed by atoms with van der Waals surface area (Å²) in [4.78, 5) is 31.7. The summed E-state index contributed by atoms with van der Waals surface area (Å²) in [5.74, 6) is -0.331. The number of fused-ring (bicyclic) bond motifs is 1. The Balaban J connectivity index is 1.42. The molecule has 0 aliphatic rings. The fourth-order valence-corrected chi connectivity index (χ4v) is 4.55. The quantitative estimate of drug-likeness (QED) is 0.233. The van der Waals surface area contributed by atoms with E-state index in [2.05, 4.69) is 10.3 Å². The van der Waals surface area contributed by atoms with Crippen molar-refractivity contribution in [2.24, 2.45) is 0 Å². The Hall–Kier alpha value is -4.83. The number of hydrogen-bond acceptors (Lipinski definition) is 6. The Labute approximate surface area is 234 Å². The number of aromatic nitrogens is 3. The molecule has 0 unspecified atom stereocenters. The first kappa shape index (κ1) is 26.8. The number of nitrogens with one attached hydrogen (secondary N) is 1. The van der Waals surface area contributed by atoms with Crippen LogP contribution in [0.5, 0.6) is 17.2 Å². The molecule has 5 aromatic rings. The summed E-state index contributed by atoms with van der Waals surface area (Å²) >= 11 is 5.28. The van der Waals surface area contributed by atoms with Gasteiger partial charge in [0, 0.05) is 34.3 Å². The van der Waals surface area contributed by atoms with Gasteiger partial charge in [0.15, 0.2) is 11.6 Å². The summed E-state index contributed by atoms with van der Waals surface area (Å²) in [6.07, 6.45) is 1.56. The lowest BCUT2D eigenvalue weighted by Gasteiger charge is -2.13. The number of methoxy groups -OCH3 is 1. The minimum atomic E-state index is -0.691. The monoisotopic (exact) mass is 556 g/mol. The normalized spacial score (nSPS) is 10.9. The molecule has 2 aromatic heterocycles. The number of carbonyl (C=O) groups excluding carboxylic acids is 1. The maximum atomic E-state index is 15.1. The van der Waals surface area contributed by atoms with Gasteiger partial charge in [0.2, 0.25) is 0 Å². The van der Waals surface area contributed by atoms with Gasteiger partial charge in [0.05, 0.1) is 30.6 Å². The number of hydrogen-bond donors (Lipinski definition) is 1. The highest BCUT2D eigenvalue weighted by atomic mass is 32.1. The van der Waals surface area contributed by atoms with Crippen LogP contribution in [0.15, 0.2) is 83.8 Å². The van der Waals surface area contributed by atoms with Crippen molar-refractivity contribution in [2.45, 2.75) is 20.4 Å². The fourth-order valence-electron chi connectivity index (χ4n) is 4.43. The second kappa shape index (κ2) is 11.1. The maximum Gasteiger partial charge on any atom is 0.284 e. The highest BCUT2D eigenvalue weighted by Gasteiger charge is 2.24. The molecule has 0 atom stereocenters. The Morgan fingerprint density at radius 3 is 2.52 bits per heavy atom. The molecule has 0 aliphatic heterocycles. The number of ether oxygens (including phenoxy) is 2. The second-order valence-corrected chi connectivity index (χ2v) is 9.76. The summed E-state index contributed by atoms with van der Waals surface area (Å²) in [6, 6.07) is 20.0. The summed E-state index contributed by atoms with van der Waals surface area (Å²) in [7, 11) is 1.56. The smallest absolute Gasteiger partial charge is 0.284 e. The van der Waals surface area contributed by atoms with Crippen LogP contribution >= 0.6 is 12.2 Å². The van der Waals surface area contributed by atoms with Gasteiger partial charge in [-0.15, -0.1) is 0 Å². The third-order valence-corrected chi connectivity index (χ3v) is 6.45. The van der Waals surface area contributed by atoms with E-state index in [1.807, 2.05) is 6.07 Å². The predicted molar refractivity (Wildman–Crippen MR) is 156 cm³/mol. The molecule has 0 saturated carbocycles. The molecule has 0 fully saturated rings. The van der Waals surface area contributed by atoms with Gasteiger partial charge in [-0.2, -0.15) is 0 Å². The third-order valence-electron chi connectivity index (χ3n) is 6.32. The summed E-state index contributed by atoms with van der Waals surface area (Å²) in [6.45, 7) is 3.72. The van der Waals surface area contributed by atoms with Gasteiger partial charge >= 0.3 is 0 Å². The molecule has 0 aliphatic carbocycles. The van der Waals surface area contributed by atoms with Crippen molar-refractivity contribution in [1.82, 2.24) is 14.3 Å². The Morgan fingerprint density at radius 1 is 1.05 bits per heavy atom. The standard InChI is InChI=1S/C30H25FN4O4S/c1-18(40)17-34-19(2)28(30(37)35(34)21-7-5-4-6-8-21)29(36)33-20-9-12-27(24(31)15-20)39-26-13-14-32-25-16-22(38-3)10-11-23(25)26/h4-16H,17H2,1-3H3,(H,33,36). The topological polar surface area (TPSA) is 87.4 Å². The minimum Gasteiger partial charge on any atom is -0.497 e. The highest BCUT2D eigenvalue weighted by Crippen LogP contribution is 2.33. The lowest BCUT2D eigenvalue weighted by Crippen LogP contribution is -2.26. The molecule has 0 radical (unpaired) electrons. The van der Waals surface area contributed by atoms with Gasteiger partial charge in [-0.25, -0.2) is 9.07 Å². The lowest BCUT2D eigenvalue weighted by atomic mass is 10.2. The second-order valence-electron chi connectivity index (χ2n) is 9.07. The van der Waals surface area contributed by atoms with E-state index < -0.39 is 17.3 Å². The number of thiocarbonyl (C=S) groups is 1. The molecule has 2 heterocycles. The van der Waals surface area contributed by atoms with Crippen molar-refractivity contribution >= 4 is 39.6 Å². The van der Waals surface area contributed by atoms with E-state index in [9.17, 15) is 9.59 Å². The maximum absolute atomic E-state index is 15.1. The number of halogens is 1. The van der Waals surface area contributed by atoms with Crippen LogP contribution < -0.4 is 20.3 Å².